The van der Waals surface area contributed by atoms with Crippen molar-refractivity contribution in [1.82, 2.24) is 0 Å². The molecule has 0 saturated heterocycles. The van der Waals surface area contributed by atoms with E-state index in [0.29, 0.717) is 11.7 Å². The van der Waals surface area contributed by atoms with Crippen LogP contribution in [0.3, 0.4) is 0 Å². The lowest BCUT2D eigenvalue weighted by Gasteiger charge is -2.34. The molecule has 1 atom stereocenters. The first-order valence-corrected chi connectivity index (χ1v) is 4.90. The summed E-state index contributed by atoms with van der Waals surface area (Å²) in [6, 6.07) is 0. The minimum Gasteiger partial charge on any atom is -0.299 e. The second-order valence-corrected chi connectivity index (χ2v) is 4.01. The van der Waals surface area contributed by atoms with E-state index >= 15 is 0 Å². The lowest BCUT2D eigenvalue weighted by molar-refractivity contribution is -0.132. The molecule has 1 nitrogen and oxygen atoms in total. The van der Waals surface area contributed by atoms with E-state index in [9.17, 15) is 4.79 Å². The van der Waals surface area contributed by atoms with Crippen LogP contribution in [0.1, 0.15) is 44.9 Å². The molecular weight excluding hydrogens is 136 g/mol. The first kappa shape index (κ1) is 7.33. The zero-order chi connectivity index (χ0) is 7.68. The van der Waals surface area contributed by atoms with Gasteiger partial charge in [0.05, 0.1) is 0 Å². The van der Waals surface area contributed by atoms with Gasteiger partial charge in [0.1, 0.15) is 5.78 Å². The Balaban J connectivity index is 1.88. The van der Waals surface area contributed by atoms with Crippen LogP contribution in [-0.2, 0) is 4.79 Å². The molecule has 2 aliphatic rings. The van der Waals surface area contributed by atoms with Crippen molar-refractivity contribution < 1.29 is 4.79 Å². The van der Waals surface area contributed by atoms with Gasteiger partial charge >= 0.3 is 0 Å². The van der Waals surface area contributed by atoms with E-state index in [1.165, 1.54) is 38.5 Å². The molecule has 0 amide bonds. The van der Waals surface area contributed by atoms with Crippen molar-refractivity contribution in [3.63, 3.8) is 0 Å². The summed E-state index contributed by atoms with van der Waals surface area (Å²) >= 11 is 0. The van der Waals surface area contributed by atoms with Crippen molar-refractivity contribution in [3.05, 3.63) is 0 Å². The van der Waals surface area contributed by atoms with Crippen molar-refractivity contribution in [3.8, 4) is 0 Å². The van der Waals surface area contributed by atoms with Crippen LogP contribution in [0.25, 0.3) is 0 Å². The topological polar surface area (TPSA) is 17.1 Å². The standard InChI is InChI=1S/C10H16O/c11-10-7-6-9(10)8-4-2-1-3-5-8/h8-9H,1-7H2. The van der Waals surface area contributed by atoms with Gasteiger partial charge < -0.3 is 0 Å². The second kappa shape index (κ2) is 2.96. The normalized spacial score (nSPS) is 33.5. The van der Waals surface area contributed by atoms with Crippen LogP contribution in [0.15, 0.2) is 0 Å². The molecule has 0 heterocycles. The molecule has 2 rings (SSSR count). The number of carbonyl (C=O) groups is 1. The average Bonchev–Trinajstić information content (AvgIpc) is 2.04. The molecule has 0 radical (unpaired) electrons. The molecule has 62 valence electrons. The summed E-state index contributed by atoms with van der Waals surface area (Å²) in [5, 5.41) is 0. The van der Waals surface area contributed by atoms with Gasteiger partial charge in [-0.15, -0.1) is 0 Å². The third kappa shape index (κ3) is 1.33. The molecule has 2 saturated carbocycles. The van der Waals surface area contributed by atoms with Gasteiger partial charge in [0.25, 0.3) is 0 Å². The molecule has 2 fully saturated rings. The fraction of sp³-hybridized carbons (Fsp3) is 0.900. The van der Waals surface area contributed by atoms with Crippen LogP contribution in [0.2, 0.25) is 0 Å². The summed E-state index contributed by atoms with van der Waals surface area (Å²) in [5.74, 6) is 1.83. The monoisotopic (exact) mass is 152 g/mol. The predicted molar refractivity (Wildman–Crippen MR) is 44.3 cm³/mol. The van der Waals surface area contributed by atoms with Gasteiger partial charge in [-0.1, -0.05) is 19.3 Å². The lowest BCUT2D eigenvalue weighted by Crippen LogP contribution is -2.33. The highest BCUT2D eigenvalue weighted by atomic mass is 16.1. The Labute approximate surface area is 68.2 Å². The first-order chi connectivity index (χ1) is 5.38. The molecule has 0 N–H and O–H groups in total. The zero-order valence-electron chi connectivity index (χ0n) is 7.01. The number of hydrogen-bond donors (Lipinski definition) is 0. The van der Waals surface area contributed by atoms with Gasteiger partial charge in [-0.3, -0.25) is 4.79 Å². The van der Waals surface area contributed by atoms with Crippen molar-refractivity contribution >= 4 is 5.78 Å². The van der Waals surface area contributed by atoms with Crippen LogP contribution < -0.4 is 0 Å². The van der Waals surface area contributed by atoms with Gasteiger partial charge in [-0.25, -0.2) is 0 Å². The molecule has 0 bridgehead atoms. The van der Waals surface area contributed by atoms with Gasteiger partial charge in [0.15, 0.2) is 0 Å². The summed E-state index contributed by atoms with van der Waals surface area (Å²) in [4.78, 5) is 11.1. The van der Waals surface area contributed by atoms with Gasteiger partial charge in [0.2, 0.25) is 0 Å². The molecule has 1 heteroatoms. The molecule has 11 heavy (non-hydrogen) atoms. The Bertz CT molecular complexity index is 156. The van der Waals surface area contributed by atoms with Crippen LogP contribution >= 0.6 is 0 Å². The van der Waals surface area contributed by atoms with Crippen molar-refractivity contribution in [1.29, 1.82) is 0 Å². The molecule has 0 aliphatic heterocycles. The van der Waals surface area contributed by atoms with E-state index in [0.717, 1.165) is 12.3 Å². The number of Topliss-reactive ketones (excluding diaryl/α,β-unsaturated/α-hetero) is 1. The van der Waals surface area contributed by atoms with Crippen molar-refractivity contribution in [2.75, 3.05) is 0 Å². The van der Waals surface area contributed by atoms with Gasteiger partial charge in [-0.05, 0) is 25.2 Å². The highest BCUT2D eigenvalue weighted by Gasteiger charge is 2.35. The second-order valence-electron chi connectivity index (χ2n) is 4.01. The number of ketones is 1. The minimum absolute atomic E-state index is 0.496. The largest absolute Gasteiger partial charge is 0.299 e. The molecular formula is C10H16O. The van der Waals surface area contributed by atoms with E-state index in [1.807, 2.05) is 0 Å². The molecule has 1 unspecified atom stereocenters. The smallest absolute Gasteiger partial charge is 0.136 e. The van der Waals surface area contributed by atoms with Crippen molar-refractivity contribution in [2.24, 2.45) is 11.8 Å². The Morgan fingerprint density at radius 3 is 2.18 bits per heavy atom. The maximum absolute atomic E-state index is 11.1. The fourth-order valence-electron chi connectivity index (χ4n) is 2.46. The van der Waals surface area contributed by atoms with Crippen LogP contribution in [0.5, 0.6) is 0 Å². The van der Waals surface area contributed by atoms with Gasteiger partial charge in [-0.2, -0.15) is 0 Å². The van der Waals surface area contributed by atoms with E-state index in [-0.39, 0.29) is 0 Å². The lowest BCUT2D eigenvalue weighted by atomic mass is 9.69. The number of hydrogen-bond acceptors (Lipinski definition) is 1. The Kier molecular flexibility index (Phi) is 1.97. The highest BCUT2D eigenvalue weighted by molar-refractivity contribution is 5.86. The molecule has 0 aromatic carbocycles. The molecule has 0 aromatic rings. The Morgan fingerprint density at radius 1 is 1.00 bits per heavy atom. The average molecular weight is 152 g/mol. The molecule has 2 aliphatic carbocycles. The minimum atomic E-state index is 0.496. The van der Waals surface area contributed by atoms with E-state index in [4.69, 9.17) is 0 Å². The number of carbonyl (C=O) groups excluding carboxylic acids is 1. The van der Waals surface area contributed by atoms with Gasteiger partial charge in [0, 0.05) is 12.3 Å². The summed E-state index contributed by atoms with van der Waals surface area (Å²) in [5.41, 5.74) is 0. The van der Waals surface area contributed by atoms with Crippen LogP contribution in [-0.4, -0.2) is 5.78 Å². The zero-order valence-corrected chi connectivity index (χ0v) is 7.01. The SMILES string of the molecule is O=C1CCC1C1CCCCC1. The number of rotatable bonds is 1. The third-order valence-electron chi connectivity index (χ3n) is 3.33. The van der Waals surface area contributed by atoms with Crippen molar-refractivity contribution in [2.45, 2.75) is 44.9 Å². The Hall–Kier alpha value is -0.330. The van der Waals surface area contributed by atoms with E-state index in [1.54, 1.807) is 0 Å². The fourth-order valence-corrected chi connectivity index (χ4v) is 2.46. The molecule has 0 aromatic heterocycles. The summed E-state index contributed by atoms with van der Waals surface area (Å²) in [6.45, 7) is 0. The summed E-state index contributed by atoms with van der Waals surface area (Å²) in [7, 11) is 0. The van der Waals surface area contributed by atoms with E-state index in [2.05, 4.69) is 0 Å². The highest BCUT2D eigenvalue weighted by Crippen LogP contribution is 2.38. The van der Waals surface area contributed by atoms with Crippen LogP contribution in [0.4, 0.5) is 0 Å². The molecule has 0 spiro atoms. The predicted octanol–water partition coefficient (Wildman–Crippen LogP) is 2.55. The summed E-state index contributed by atoms with van der Waals surface area (Å²) < 4.78 is 0. The Morgan fingerprint density at radius 2 is 1.73 bits per heavy atom. The first-order valence-electron chi connectivity index (χ1n) is 4.90. The maximum Gasteiger partial charge on any atom is 0.136 e. The summed E-state index contributed by atoms with van der Waals surface area (Å²) in [6.07, 6.45) is 8.87. The van der Waals surface area contributed by atoms with Crippen LogP contribution in [0, 0.1) is 11.8 Å². The third-order valence-corrected chi connectivity index (χ3v) is 3.33. The maximum atomic E-state index is 11.1. The quantitative estimate of drug-likeness (QED) is 0.564. The van der Waals surface area contributed by atoms with E-state index < -0.39 is 0 Å².